The van der Waals surface area contributed by atoms with Gasteiger partial charge in [0, 0.05) is 17.3 Å². The number of fused-ring (bicyclic) bond motifs is 1. The standard InChI is InChI=1S/C16H20N2OS/c1-10(2)16-18-12(9-20-16)8-19-13-4-5-14-11(7-13)3-6-15(14)17/h4-5,7,9-10,15H,3,6,8,17H2,1-2H3. The molecule has 3 rings (SSSR count). The number of aromatic nitrogens is 1. The molecule has 1 aliphatic carbocycles. The van der Waals surface area contributed by atoms with Gasteiger partial charge in [0.05, 0.1) is 10.7 Å². The Labute approximate surface area is 123 Å². The number of hydrogen-bond acceptors (Lipinski definition) is 4. The SMILES string of the molecule is CC(C)c1nc(COc2ccc3c(c2)CCC3N)cs1. The first kappa shape index (κ1) is 13.6. The van der Waals surface area contributed by atoms with Gasteiger partial charge >= 0.3 is 0 Å². The third-order valence-electron chi connectivity index (χ3n) is 3.69. The third-order valence-corrected chi connectivity index (χ3v) is 4.88. The van der Waals surface area contributed by atoms with Gasteiger partial charge in [-0.25, -0.2) is 4.98 Å². The quantitative estimate of drug-likeness (QED) is 0.931. The summed E-state index contributed by atoms with van der Waals surface area (Å²) in [5.41, 5.74) is 9.65. The number of nitrogens with two attached hydrogens (primary N) is 1. The Morgan fingerprint density at radius 2 is 2.30 bits per heavy atom. The van der Waals surface area contributed by atoms with E-state index in [4.69, 9.17) is 10.5 Å². The van der Waals surface area contributed by atoms with Crippen LogP contribution in [0.5, 0.6) is 5.75 Å². The van der Waals surface area contributed by atoms with Gasteiger partial charge in [0.1, 0.15) is 12.4 Å². The number of aryl methyl sites for hydroxylation is 1. The van der Waals surface area contributed by atoms with E-state index in [0.717, 1.165) is 24.3 Å². The highest BCUT2D eigenvalue weighted by atomic mass is 32.1. The van der Waals surface area contributed by atoms with Crippen molar-refractivity contribution >= 4 is 11.3 Å². The van der Waals surface area contributed by atoms with E-state index in [0.29, 0.717) is 12.5 Å². The molecule has 0 saturated heterocycles. The van der Waals surface area contributed by atoms with Gasteiger partial charge in [0.25, 0.3) is 0 Å². The molecular weight excluding hydrogens is 268 g/mol. The van der Waals surface area contributed by atoms with Crippen LogP contribution in [0, 0.1) is 0 Å². The lowest BCUT2D eigenvalue weighted by Crippen LogP contribution is -2.05. The lowest BCUT2D eigenvalue weighted by atomic mass is 10.1. The summed E-state index contributed by atoms with van der Waals surface area (Å²) < 4.78 is 5.85. The van der Waals surface area contributed by atoms with Gasteiger partial charge in [0.2, 0.25) is 0 Å². The molecule has 1 aromatic heterocycles. The second-order valence-corrected chi connectivity index (χ2v) is 6.52. The topological polar surface area (TPSA) is 48.1 Å². The molecule has 0 spiro atoms. The number of rotatable bonds is 4. The van der Waals surface area contributed by atoms with Crippen molar-refractivity contribution in [2.75, 3.05) is 0 Å². The zero-order valence-electron chi connectivity index (χ0n) is 11.9. The summed E-state index contributed by atoms with van der Waals surface area (Å²) >= 11 is 1.71. The summed E-state index contributed by atoms with van der Waals surface area (Å²) in [5, 5.41) is 3.25. The number of benzene rings is 1. The Balaban J connectivity index is 1.66. The zero-order chi connectivity index (χ0) is 14.1. The van der Waals surface area contributed by atoms with Crippen LogP contribution in [0.25, 0.3) is 0 Å². The number of ether oxygens (including phenoxy) is 1. The van der Waals surface area contributed by atoms with Crippen molar-refractivity contribution in [3.05, 3.63) is 45.4 Å². The smallest absolute Gasteiger partial charge is 0.131 e. The molecule has 0 amide bonds. The Bertz CT molecular complexity index is 606. The molecule has 1 heterocycles. The van der Waals surface area contributed by atoms with Gasteiger partial charge in [-0.2, -0.15) is 0 Å². The third kappa shape index (κ3) is 2.72. The maximum Gasteiger partial charge on any atom is 0.131 e. The van der Waals surface area contributed by atoms with Crippen molar-refractivity contribution in [2.45, 2.75) is 45.3 Å². The lowest BCUT2D eigenvalue weighted by Gasteiger charge is -2.08. The van der Waals surface area contributed by atoms with Crippen molar-refractivity contribution in [1.29, 1.82) is 0 Å². The zero-order valence-corrected chi connectivity index (χ0v) is 12.7. The fourth-order valence-electron chi connectivity index (χ4n) is 2.53. The Kier molecular flexibility index (Phi) is 3.76. The Hall–Kier alpha value is -1.39. The highest BCUT2D eigenvalue weighted by molar-refractivity contribution is 7.09. The Morgan fingerprint density at radius 1 is 1.45 bits per heavy atom. The van der Waals surface area contributed by atoms with Crippen LogP contribution in [-0.4, -0.2) is 4.98 Å². The molecule has 1 unspecified atom stereocenters. The highest BCUT2D eigenvalue weighted by Crippen LogP contribution is 2.32. The number of hydrogen-bond donors (Lipinski definition) is 1. The van der Waals surface area contributed by atoms with Crippen LogP contribution in [0.4, 0.5) is 0 Å². The van der Waals surface area contributed by atoms with Crippen molar-refractivity contribution < 1.29 is 4.74 Å². The van der Waals surface area contributed by atoms with Crippen LogP contribution in [0.1, 0.15) is 54.1 Å². The van der Waals surface area contributed by atoms with Gasteiger partial charge < -0.3 is 10.5 Å². The molecule has 0 radical (unpaired) electrons. The minimum Gasteiger partial charge on any atom is -0.487 e. The first-order valence-electron chi connectivity index (χ1n) is 7.09. The Morgan fingerprint density at radius 3 is 3.05 bits per heavy atom. The van der Waals surface area contributed by atoms with E-state index in [1.165, 1.54) is 16.1 Å². The molecule has 0 saturated carbocycles. The van der Waals surface area contributed by atoms with E-state index in [1.54, 1.807) is 11.3 Å². The molecule has 0 aliphatic heterocycles. The van der Waals surface area contributed by atoms with Gasteiger partial charge in [-0.3, -0.25) is 0 Å². The summed E-state index contributed by atoms with van der Waals surface area (Å²) in [7, 11) is 0. The van der Waals surface area contributed by atoms with Crippen LogP contribution in [0.15, 0.2) is 23.6 Å². The monoisotopic (exact) mass is 288 g/mol. The predicted octanol–water partition coefficient (Wildman–Crippen LogP) is 3.79. The fraction of sp³-hybridized carbons (Fsp3) is 0.438. The van der Waals surface area contributed by atoms with E-state index in [-0.39, 0.29) is 6.04 Å². The first-order valence-corrected chi connectivity index (χ1v) is 7.97. The van der Waals surface area contributed by atoms with Crippen molar-refractivity contribution in [3.8, 4) is 5.75 Å². The molecule has 3 nitrogen and oxygen atoms in total. The van der Waals surface area contributed by atoms with Crippen LogP contribution < -0.4 is 10.5 Å². The molecule has 1 atom stereocenters. The lowest BCUT2D eigenvalue weighted by molar-refractivity contribution is 0.301. The molecule has 0 bridgehead atoms. The first-order chi connectivity index (χ1) is 9.63. The largest absolute Gasteiger partial charge is 0.487 e. The molecule has 4 heteroatoms. The second-order valence-electron chi connectivity index (χ2n) is 5.63. The van der Waals surface area contributed by atoms with Crippen molar-refractivity contribution in [3.63, 3.8) is 0 Å². The minimum atomic E-state index is 0.200. The minimum absolute atomic E-state index is 0.200. The van der Waals surface area contributed by atoms with Crippen molar-refractivity contribution in [2.24, 2.45) is 5.73 Å². The summed E-state index contributed by atoms with van der Waals surface area (Å²) in [6.45, 7) is 4.86. The highest BCUT2D eigenvalue weighted by Gasteiger charge is 2.19. The van der Waals surface area contributed by atoms with E-state index in [2.05, 4.69) is 36.3 Å². The molecule has 2 N–H and O–H groups in total. The average Bonchev–Trinajstić information content (AvgIpc) is 3.04. The van der Waals surface area contributed by atoms with Crippen LogP contribution in [0.3, 0.4) is 0 Å². The van der Waals surface area contributed by atoms with E-state index < -0.39 is 0 Å². The van der Waals surface area contributed by atoms with Crippen LogP contribution in [-0.2, 0) is 13.0 Å². The summed E-state index contributed by atoms with van der Waals surface area (Å²) in [6, 6.07) is 6.44. The predicted molar refractivity (Wildman–Crippen MR) is 82.2 cm³/mol. The van der Waals surface area contributed by atoms with Gasteiger partial charge in [-0.1, -0.05) is 19.9 Å². The molecule has 1 aliphatic rings. The molecular formula is C16H20N2OS. The van der Waals surface area contributed by atoms with Gasteiger partial charge in [-0.05, 0) is 36.1 Å². The second kappa shape index (κ2) is 5.54. The average molecular weight is 288 g/mol. The van der Waals surface area contributed by atoms with Gasteiger partial charge in [0.15, 0.2) is 0 Å². The number of thiazole rings is 1. The fourth-order valence-corrected chi connectivity index (χ4v) is 3.35. The summed E-state index contributed by atoms with van der Waals surface area (Å²) in [6.07, 6.45) is 2.10. The summed E-state index contributed by atoms with van der Waals surface area (Å²) in [4.78, 5) is 4.58. The maximum atomic E-state index is 6.04. The molecule has 0 fully saturated rings. The van der Waals surface area contributed by atoms with Crippen LogP contribution in [0.2, 0.25) is 0 Å². The maximum absolute atomic E-state index is 6.04. The van der Waals surface area contributed by atoms with Gasteiger partial charge in [-0.15, -0.1) is 11.3 Å². The molecule has 106 valence electrons. The molecule has 20 heavy (non-hydrogen) atoms. The van der Waals surface area contributed by atoms with Crippen molar-refractivity contribution in [1.82, 2.24) is 4.98 Å². The molecule has 1 aromatic carbocycles. The van der Waals surface area contributed by atoms with Crippen LogP contribution >= 0.6 is 11.3 Å². The van der Waals surface area contributed by atoms with E-state index >= 15 is 0 Å². The van der Waals surface area contributed by atoms with E-state index in [1.807, 2.05) is 6.07 Å². The number of nitrogens with zero attached hydrogens (tertiary/aromatic N) is 1. The molecule has 2 aromatic rings. The normalized spacial score (nSPS) is 17.5. The van der Waals surface area contributed by atoms with E-state index in [9.17, 15) is 0 Å². The summed E-state index contributed by atoms with van der Waals surface area (Å²) in [5.74, 6) is 1.40.